The van der Waals surface area contributed by atoms with Crippen molar-refractivity contribution in [3.05, 3.63) is 55.7 Å². The lowest BCUT2D eigenvalue weighted by molar-refractivity contribution is 0.512. The molecule has 0 saturated carbocycles. The monoisotopic (exact) mass is 322 g/mol. The van der Waals surface area contributed by atoms with E-state index in [2.05, 4.69) is 5.32 Å². The molecule has 1 unspecified atom stereocenters. The Morgan fingerprint density at radius 2 is 2.24 bits per heavy atom. The fourth-order valence-electron chi connectivity index (χ4n) is 2.52. The topological polar surface area (TPSA) is 47.2 Å². The van der Waals surface area contributed by atoms with Crippen LogP contribution in [0.1, 0.15) is 23.4 Å². The van der Waals surface area contributed by atoms with Gasteiger partial charge in [-0.1, -0.05) is 17.7 Å². The number of nitrogens with one attached hydrogen (secondary N) is 1. The molecule has 1 atom stereocenters. The lowest BCUT2D eigenvalue weighted by Gasteiger charge is -2.15. The Kier molecular flexibility index (Phi) is 3.89. The highest BCUT2D eigenvalue weighted by Crippen LogP contribution is 2.33. The van der Waals surface area contributed by atoms with Gasteiger partial charge in [0.1, 0.15) is 0 Å². The van der Waals surface area contributed by atoms with Crippen LogP contribution in [0, 0.1) is 0 Å². The lowest BCUT2D eigenvalue weighted by Crippen LogP contribution is -2.16. The molecule has 6 heteroatoms. The minimum atomic E-state index is -0.320. The number of thiophene rings is 1. The van der Waals surface area contributed by atoms with Gasteiger partial charge in [-0.3, -0.25) is 4.57 Å². The van der Waals surface area contributed by atoms with E-state index in [0.29, 0.717) is 12.1 Å². The van der Waals surface area contributed by atoms with Gasteiger partial charge >= 0.3 is 5.76 Å². The third-order valence-corrected chi connectivity index (χ3v) is 4.96. The molecule has 0 aliphatic carbocycles. The highest BCUT2D eigenvalue weighted by Gasteiger charge is 2.18. The fourth-order valence-corrected chi connectivity index (χ4v) is 3.82. The number of fused-ring (bicyclic) bond motifs is 1. The molecule has 110 valence electrons. The van der Waals surface area contributed by atoms with E-state index in [9.17, 15) is 4.79 Å². The van der Waals surface area contributed by atoms with Crippen LogP contribution in [0.3, 0.4) is 0 Å². The van der Waals surface area contributed by atoms with Crippen LogP contribution in [0.15, 0.2) is 38.9 Å². The second-order valence-electron chi connectivity index (χ2n) is 4.69. The van der Waals surface area contributed by atoms with Crippen molar-refractivity contribution in [3.8, 4) is 0 Å². The van der Waals surface area contributed by atoms with Gasteiger partial charge in [-0.2, -0.15) is 0 Å². The number of rotatable bonds is 4. The number of hydrogen-bond acceptors (Lipinski definition) is 4. The predicted octanol–water partition coefficient (Wildman–Crippen LogP) is 3.64. The number of aryl methyl sites for hydroxylation is 1. The third-order valence-electron chi connectivity index (χ3n) is 3.54. The van der Waals surface area contributed by atoms with Gasteiger partial charge in [-0.15, -0.1) is 11.3 Å². The van der Waals surface area contributed by atoms with Crippen LogP contribution in [0.2, 0.25) is 5.02 Å². The van der Waals surface area contributed by atoms with Crippen molar-refractivity contribution < 1.29 is 4.42 Å². The molecule has 2 aromatic heterocycles. The second kappa shape index (κ2) is 5.67. The number of hydrogen-bond donors (Lipinski definition) is 1. The van der Waals surface area contributed by atoms with Crippen molar-refractivity contribution in [1.29, 1.82) is 0 Å². The molecule has 0 saturated heterocycles. The Bertz CT molecular complexity index is 834. The summed E-state index contributed by atoms with van der Waals surface area (Å²) < 4.78 is 6.94. The van der Waals surface area contributed by atoms with Crippen LogP contribution in [-0.2, 0) is 6.54 Å². The molecule has 0 spiro atoms. The molecule has 3 rings (SSSR count). The van der Waals surface area contributed by atoms with Gasteiger partial charge in [0.05, 0.1) is 16.6 Å². The van der Waals surface area contributed by atoms with Crippen LogP contribution in [-0.4, -0.2) is 11.6 Å². The molecule has 0 amide bonds. The predicted molar refractivity (Wildman–Crippen MR) is 86.4 cm³/mol. The Balaban J connectivity index is 2.12. The van der Waals surface area contributed by atoms with Gasteiger partial charge in [0.2, 0.25) is 0 Å². The normalized spacial score (nSPS) is 12.9. The zero-order chi connectivity index (χ0) is 15.0. The van der Waals surface area contributed by atoms with E-state index in [0.717, 1.165) is 21.0 Å². The average Bonchev–Trinajstić information content (AvgIpc) is 3.02. The number of oxazole rings is 1. The molecule has 0 aliphatic heterocycles. The van der Waals surface area contributed by atoms with Gasteiger partial charge in [-0.05, 0) is 43.1 Å². The van der Waals surface area contributed by atoms with E-state index >= 15 is 0 Å². The molecule has 4 nitrogen and oxygen atoms in total. The van der Waals surface area contributed by atoms with Gasteiger partial charge in [0.25, 0.3) is 0 Å². The zero-order valence-electron chi connectivity index (χ0n) is 11.7. The Morgan fingerprint density at radius 3 is 2.86 bits per heavy atom. The number of nitrogens with zero attached hydrogens (tertiary/aromatic N) is 1. The van der Waals surface area contributed by atoms with Crippen molar-refractivity contribution in [2.75, 3.05) is 7.05 Å². The SMILES string of the molecule is CCn1c(=O)oc2cc(C(NC)c3sccc3Cl)ccc21. The van der Waals surface area contributed by atoms with Gasteiger partial charge in [0.15, 0.2) is 5.58 Å². The third kappa shape index (κ3) is 2.41. The molecule has 21 heavy (non-hydrogen) atoms. The molecule has 1 N–H and O–H groups in total. The maximum Gasteiger partial charge on any atom is 0.419 e. The summed E-state index contributed by atoms with van der Waals surface area (Å²) in [6.07, 6.45) is 0. The molecular weight excluding hydrogens is 308 g/mol. The Labute approximate surface area is 131 Å². The standard InChI is InChI=1S/C15H15ClN2O2S/c1-3-18-11-5-4-9(8-12(11)20-15(18)19)13(17-2)14-10(16)6-7-21-14/h4-8,13,17H,3H2,1-2H3. The number of benzene rings is 1. The molecule has 0 fully saturated rings. The first-order valence-electron chi connectivity index (χ1n) is 6.69. The van der Waals surface area contributed by atoms with E-state index in [1.54, 1.807) is 15.9 Å². The summed E-state index contributed by atoms with van der Waals surface area (Å²) in [7, 11) is 1.89. The van der Waals surface area contributed by atoms with Crippen LogP contribution in [0.5, 0.6) is 0 Å². The number of halogens is 1. The Morgan fingerprint density at radius 1 is 1.43 bits per heavy atom. The molecule has 0 radical (unpaired) electrons. The van der Waals surface area contributed by atoms with E-state index in [-0.39, 0.29) is 11.8 Å². The highest BCUT2D eigenvalue weighted by atomic mass is 35.5. The van der Waals surface area contributed by atoms with Crippen molar-refractivity contribution in [2.24, 2.45) is 0 Å². The van der Waals surface area contributed by atoms with Crippen LogP contribution >= 0.6 is 22.9 Å². The summed E-state index contributed by atoms with van der Waals surface area (Å²) in [5.41, 5.74) is 2.44. The first-order valence-corrected chi connectivity index (χ1v) is 7.95. The van der Waals surface area contributed by atoms with E-state index < -0.39 is 0 Å². The van der Waals surface area contributed by atoms with Gasteiger partial charge in [0, 0.05) is 11.4 Å². The summed E-state index contributed by atoms with van der Waals surface area (Å²) >= 11 is 7.83. The zero-order valence-corrected chi connectivity index (χ0v) is 13.3. The lowest BCUT2D eigenvalue weighted by atomic mass is 10.1. The van der Waals surface area contributed by atoms with E-state index in [4.69, 9.17) is 16.0 Å². The first kappa shape index (κ1) is 14.4. The van der Waals surface area contributed by atoms with Gasteiger partial charge in [-0.25, -0.2) is 4.79 Å². The van der Waals surface area contributed by atoms with Gasteiger partial charge < -0.3 is 9.73 Å². The second-order valence-corrected chi connectivity index (χ2v) is 6.05. The van der Waals surface area contributed by atoms with Crippen molar-refractivity contribution in [2.45, 2.75) is 19.5 Å². The average molecular weight is 323 g/mol. The highest BCUT2D eigenvalue weighted by molar-refractivity contribution is 7.10. The maximum atomic E-state index is 11.8. The first-order chi connectivity index (χ1) is 10.2. The molecule has 0 aliphatic rings. The fraction of sp³-hybridized carbons (Fsp3) is 0.267. The van der Waals surface area contributed by atoms with Crippen LogP contribution < -0.4 is 11.1 Å². The van der Waals surface area contributed by atoms with Crippen LogP contribution in [0.4, 0.5) is 0 Å². The van der Waals surface area contributed by atoms with E-state index in [1.807, 2.05) is 43.6 Å². The summed E-state index contributed by atoms with van der Waals surface area (Å²) in [6.45, 7) is 2.52. The van der Waals surface area contributed by atoms with Crippen molar-refractivity contribution >= 4 is 34.0 Å². The summed E-state index contributed by atoms with van der Waals surface area (Å²) in [4.78, 5) is 12.8. The quantitative estimate of drug-likeness (QED) is 0.797. The summed E-state index contributed by atoms with van der Waals surface area (Å²) in [5.74, 6) is -0.320. The molecule has 2 heterocycles. The molecule has 0 bridgehead atoms. The molecular formula is C15H15ClN2O2S. The van der Waals surface area contributed by atoms with E-state index in [1.165, 1.54) is 0 Å². The van der Waals surface area contributed by atoms with Crippen molar-refractivity contribution in [3.63, 3.8) is 0 Å². The largest absolute Gasteiger partial charge is 0.419 e. The maximum absolute atomic E-state index is 11.8. The molecule has 1 aromatic carbocycles. The number of aromatic nitrogens is 1. The summed E-state index contributed by atoms with van der Waals surface area (Å²) in [6, 6.07) is 7.70. The Hall–Kier alpha value is -1.56. The van der Waals surface area contributed by atoms with Crippen LogP contribution in [0.25, 0.3) is 11.1 Å². The minimum Gasteiger partial charge on any atom is -0.408 e. The van der Waals surface area contributed by atoms with Crippen molar-refractivity contribution in [1.82, 2.24) is 9.88 Å². The summed E-state index contributed by atoms with van der Waals surface area (Å²) in [5, 5.41) is 5.97. The minimum absolute atomic E-state index is 0.0165. The smallest absolute Gasteiger partial charge is 0.408 e. The molecule has 3 aromatic rings.